The molecule has 27 heteroatoms. The number of phosphoric acid groups is 1. The molecule has 7 N–H and O–H groups in total. The van der Waals surface area contributed by atoms with Gasteiger partial charge in [-0.25, -0.2) is 18.9 Å². The molecule has 2 aliphatic heterocycles. The van der Waals surface area contributed by atoms with Crippen molar-refractivity contribution in [2.45, 2.75) is 77.9 Å². The van der Waals surface area contributed by atoms with Gasteiger partial charge in [0.15, 0.2) is 5.78 Å². The number of hydrogen-bond donors (Lipinski definition) is 6. The van der Waals surface area contributed by atoms with Crippen LogP contribution in [0, 0.1) is 17.8 Å². The number of benzene rings is 5. The van der Waals surface area contributed by atoms with Gasteiger partial charge in [0.25, 0.3) is 11.8 Å². The first-order chi connectivity index (χ1) is 42.8. The Morgan fingerprint density at radius 3 is 1.76 bits per heavy atom. The Hall–Kier alpha value is -8.12. The summed E-state index contributed by atoms with van der Waals surface area (Å²) in [5, 5.41) is 10.4. The van der Waals surface area contributed by atoms with Gasteiger partial charge in [-0.1, -0.05) is 81.4 Å². The molecular formula is C63H71Cl2N8O15PS. The van der Waals surface area contributed by atoms with Gasteiger partial charge >= 0.3 is 26.0 Å². The molecule has 0 saturated heterocycles. The zero-order valence-electron chi connectivity index (χ0n) is 50.4. The van der Waals surface area contributed by atoms with E-state index in [0.717, 1.165) is 22.5 Å². The van der Waals surface area contributed by atoms with Gasteiger partial charge in [0.2, 0.25) is 11.8 Å². The fourth-order valence-corrected chi connectivity index (χ4v) is 12.9. The Labute approximate surface area is 533 Å². The van der Waals surface area contributed by atoms with Crippen LogP contribution in [0.1, 0.15) is 101 Å². The molecule has 23 nitrogen and oxygen atoms in total. The summed E-state index contributed by atoms with van der Waals surface area (Å²) >= 11 is 14.0. The molecular weight excluding hydrogens is 1240 g/mol. The molecule has 0 saturated carbocycles. The van der Waals surface area contributed by atoms with Gasteiger partial charge in [-0.2, -0.15) is 0 Å². The number of nitrogens with one attached hydrogen (secondary N) is 3. The van der Waals surface area contributed by atoms with Crippen molar-refractivity contribution < 1.29 is 71.5 Å². The second kappa shape index (κ2) is 29.7. The molecule has 8 amide bonds. The maximum absolute atomic E-state index is 14.6. The number of likely N-dealkylation sites (N-methyl/N-ethyl adjacent to an activating group) is 2. The summed E-state index contributed by atoms with van der Waals surface area (Å²) in [5.74, 6) is -4.46. The standard InChI is InChI=1S/C63H71Cl2N8O15PS/c1-35(2)56(69-57(76)36(3)26-37(4)74)49(75)27-39(12-11-23-67-61(66)80)58(77)68-42-19-17-38(18-20-42)34-86-62(81)70(5)24-25-71(6)63(82)87-50-28-47-54(45-15-9-7-13-43(45)50)40(30-64)32-72(47)59(78)52-21-22-53(90-52)60(79)73-33-41(31-65)55-46-16-10-8-14-44(46)51(29-48(55)73)88-89(83,84)85/h7-10,13-22,28-29,35-36,39-41,56H,11-12,23-27,30-34H2,1-6H3,(H,68,77)(H,69,76)(H3,66,67,80)(H2,83,84,85)/t36-,39-,40-,41-,56+/m1/s1. The number of urea groups is 1. The number of halogens is 2. The number of ether oxygens (including phenoxy) is 2. The summed E-state index contributed by atoms with van der Waals surface area (Å²) in [6.45, 7) is 6.94. The molecule has 0 unspecified atom stereocenters. The Kier molecular flexibility index (Phi) is 22.4. The third-order valence-corrected chi connectivity index (χ3v) is 18.0. The predicted octanol–water partition coefficient (Wildman–Crippen LogP) is 9.91. The number of hydrogen-bond acceptors (Lipinski definition) is 14. The summed E-state index contributed by atoms with van der Waals surface area (Å²) in [4.78, 5) is 145. The van der Waals surface area contributed by atoms with Gasteiger partial charge in [0.05, 0.1) is 27.2 Å². The number of rotatable bonds is 26. The highest BCUT2D eigenvalue weighted by molar-refractivity contribution is 7.46. The molecule has 0 spiro atoms. The number of anilines is 3. The first-order valence-corrected chi connectivity index (χ1v) is 32.5. The molecule has 478 valence electrons. The largest absolute Gasteiger partial charge is 0.524 e. The molecule has 5 atom stereocenters. The highest BCUT2D eigenvalue weighted by atomic mass is 35.5. The lowest BCUT2D eigenvalue weighted by Crippen LogP contribution is -2.47. The van der Waals surface area contributed by atoms with Gasteiger partial charge in [-0.15, -0.1) is 34.5 Å². The molecule has 5 aromatic carbocycles. The van der Waals surface area contributed by atoms with Crippen LogP contribution in [-0.2, 0) is 35.1 Å². The number of nitrogens with zero attached hydrogens (tertiary/aromatic N) is 4. The summed E-state index contributed by atoms with van der Waals surface area (Å²) in [7, 11) is -1.99. The lowest BCUT2D eigenvalue weighted by Gasteiger charge is -2.25. The van der Waals surface area contributed by atoms with Crippen LogP contribution in [-0.4, -0.2) is 138 Å². The average molecular weight is 1310 g/mol. The van der Waals surface area contributed by atoms with Crippen LogP contribution >= 0.6 is 42.4 Å². The van der Waals surface area contributed by atoms with E-state index >= 15 is 0 Å². The van der Waals surface area contributed by atoms with Crippen LogP contribution in [0.25, 0.3) is 21.5 Å². The maximum Gasteiger partial charge on any atom is 0.524 e. The SMILES string of the molecule is CC(=O)C[C@@H](C)C(=O)N[C@H](C(=O)C[C@@H](CCCNC(N)=O)C(=O)Nc1ccc(COC(=O)N(C)CCN(C)C(=O)Oc2cc3c(c4ccccc24)[C@H](CCl)CN3C(=O)c2ccc(C(=O)N3C[C@@H](CCl)c4c3cc(OP(=O)(O)O)c3ccccc43)s2)cc1)C(C)C. The van der Waals surface area contributed by atoms with Crippen LogP contribution in [0.2, 0.25) is 0 Å². The lowest BCUT2D eigenvalue weighted by molar-refractivity contribution is -0.133. The smallest absolute Gasteiger partial charge is 0.445 e. The van der Waals surface area contributed by atoms with Crippen molar-refractivity contribution in [3.8, 4) is 11.5 Å². The minimum Gasteiger partial charge on any atom is -0.445 e. The third kappa shape index (κ3) is 16.3. The van der Waals surface area contributed by atoms with Crippen molar-refractivity contribution in [3.63, 3.8) is 0 Å². The molecule has 0 fully saturated rings. The van der Waals surface area contributed by atoms with Crippen LogP contribution < -0.4 is 40.7 Å². The quantitative estimate of drug-likeness (QED) is 0.0167. The average Bonchev–Trinajstić information content (AvgIpc) is 1.56. The van der Waals surface area contributed by atoms with Gasteiger partial charge in [0.1, 0.15) is 23.9 Å². The van der Waals surface area contributed by atoms with Crippen LogP contribution in [0.5, 0.6) is 11.5 Å². The van der Waals surface area contributed by atoms with Gasteiger partial charge in [-0.3, -0.25) is 33.8 Å². The molecule has 2 aliphatic rings. The van der Waals surface area contributed by atoms with Crippen molar-refractivity contribution in [1.29, 1.82) is 0 Å². The summed E-state index contributed by atoms with van der Waals surface area (Å²) in [6.07, 6.45) is -1.12. The number of nitrogens with two attached hydrogens (primary N) is 1. The van der Waals surface area contributed by atoms with E-state index in [1.54, 1.807) is 105 Å². The fraction of sp³-hybridized carbons (Fsp3) is 0.381. The highest BCUT2D eigenvalue weighted by Gasteiger charge is 2.39. The van der Waals surface area contributed by atoms with Crippen LogP contribution in [0.15, 0.2) is 97.1 Å². The molecule has 0 radical (unpaired) electrons. The van der Waals surface area contributed by atoms with E-state index in [4.69, 9.17) is 42.9 Å². The van der Waals surface area contributed by atoms with E-state index in [0.29, 0.717) is 50.6 Å². The number of phosphoric ester groups is 1. The minimum atomic E-state index is -5.00. The highest BCUT2D eigenvalue weighted by Crippen LogP contribution is 2.50. The van der Waals surface area contributed by atoms with Crippen molar-refractivity contribution in [2.24, 2.45) is 23.5 Å². The molecule has 1 aromatic heterocycles. The molecule has 90 heavy (non-hydrogen) atoms. The molecule has 0 aliphatic carbocycles. The molecule has 6 aromatic rings. The normalized spacial score (nSPS) is 15.3. The predicted molar refractivity (Wildman–Crippen MR) is 343 cm³/mol. The minimum absolute atomic E-state index is 0.0166. The molecule has 8 rings (SSSR count). The summed E-state index contributed by atoms with van der Waals surface area (Å²) in [6, 6.07) is 25.2. The van der Waals surface area contributed by atoms with E-state index in [1.165, 1.54) is 41.8 Å². The van der Waals surface area contributed by atoms with E-state index in [-0.39, 0.29) is 121 Å². The van der Waals surface area contributed by atoms with Gasteiger partial charge in [-0.05, 0) is 77.4 Å². The zero-order valence-corrected chi connectivity index (χ0v) is 53.6. The number of amides is 8. The Bertz CT molecular complexity index is 3790. The summed E-state index contributed by atoms with van der Waals surface area (Å²) in [5.41, 5.74) is 8.52. The summed E-state index contributed by atoms with van der Waals surface area (Å²) < 4.78 is 28.8. The second-order valence-corrected chi connectivity index (χ2v) is 25.6. The second-order valence-electron chi connectivity index (χ2n) is 22.8. The van der Waals surface area contributed by atoms with Crippen molar-refractivity contribution >= 4 is 134 Å². The number of primary amides is 1. The molecule has 0 bridgehead atoms. The number of carbonyl (C=O) groups excluding carboxylic acids is 9. The van der Waals surface area contributed by atoms with Crippen LogP contribution in [0.3, 0.4) is 0 Å². The van der Waals surface area contributed by atoms with E-state index in [9.17, 15) is 57.5 Å². The first-order valence-electron chi connectivity index (χ1n) is 29.1. The number of alkyl halides is 2. The zero-order chi connectivity index (χ0) is 65.3. The Balaban J connectivity index is 0.877. The number of carbonyl (C=O) groups is 9. The lowest BCUT2D eigenvalue weighted by atomic mass is 9.89. The third-order valence-electron chi connectivity index (χ3n) is 15.7. The van der Waals surface area contributed by atoms with Crippen molar-refractivity contribution in [1.82, 2.24) is 20.4 Å². The Morgan fingerprint density at radius 1 is 0.722 bits per heavy atom. The van der Waals surface area contributed by atoms with Crippen molar-refractivity contribution in [3.05, 3.63) is 124 Å². The van der Waals surface area contributed by atoms with E-state index in [1.807, 2.05) is 12.1 Å². The van der Waals surface area contributed by atoms with E-state index < -0.39 is 67.5 Å². The van der Waals surface area contributed by atoms with Gasteiger partial charge in [0, 0.05) is 124 Å². The number of Topliss-reactive ketones (excluding diaryl/α,β-unsaturated/α-hetero) is 2. The monoisotopic (exact) mass is 1310 g/mol. The fourth-order valence-electron chi connectivity index (χ4n) is 11.1. The van der Waals surface area contributed by atoms with E-state index in [2.05, 4.69) is 16.0 Å². The number of thiophene rings is 1. The molecule has 3 heterocycles. The maximum atomic E-state index is 14.6. The number of fused-ring (bicyclic) bond motifs is 6. The van der Waals surface area contributed by atoms with Crippen LogP contribution in [0.4, 0.5) is 31.4 Å². The topological polar surface area (TPSA) is 314 Å². The van der Waals surface area contributed by atoms with Crippen molar-refractivity contribution in [2.75, 3.05) is 73.7 Å². The Morgan fingerprint density at radius 2 is 1.24 bits per heavy atom. The number of ketones is 2. The van der Waals surface area contributed by atoms with Gasteiger partial charge < -0.3 is 60.1 Å². The first kappa shape index (κ1) is 67.8.